The van der Waals surface area contributed by atoms with Crippen molar-refractivity contribution in [1.29, 1.82) is 0 Å². The fraction of sp³-hybridized carbons (Fsp3) is 0.406. The number of halogens is 1. The summed E-state index contributed by atoms with van der Waals surface area (Å²) in [6, 6.07) is 21.1. The molecule has 3 aromatic carbocycles. The molecular weight excluding hydrogens is 629 g/mol. The van der Waals surface area contributed by atoms with E-state index in [-0.39, 0.29) is 23.8 Å². The SMILES string of the molecule is CCC1CN(C(Cc2ccc3ccccc3c2)C(N)=O)CCN1C(=O)C(Cc1ccc(I)cc1)NC(=O)C(C)(C)[NH3+]. The predicted molar refractivity (Wildman–Crippen MR) is 170 cm³/mol. The zero-order valence-corrected chi connectivity index (χ0v) is 26.3. The number of rotatable bonds is 10. The van der Waals surface area contributed by atoms with Gasteiger partial charge in [0, 0.05) is 35.7 Å². The number of hydrogen-bond acceptors (Lipinski definition) is 4. The Morgan fingerprint density at radius 3 is 2.29 bits per heavy atom. The number of hydrogen-bond donors (Lipinski definition) is 3. The Kier molecular flexibility index (Phi) is 10.0. The average molecular weight is 671 g/mol. The van der Waals surface area contributed by atoms with Crippen molar-refractivity contribution in [3.05, 3.63) is 81.4 Å². The minimum Gasteiger partial charge on any atom is -0.368 e. The van der Waals surface area contributed by atoms with E-state index in [2.05, 4.69) is 68.9 Å². The number of benzene rings is 3. The molecule has 1 heterocycles. The van der Waals surface area contributed by atoms with Crippen LogP contribution in [0.5, 0.6) is 0 Å². The zero-order valence-electron chi connectivity index (χ0n) is 24.1. The van der Waals surface area contributed by atoms with Gasteiger partial charge in [0.15, 0.2) is 5.54 Å². The van der Waals surface area contributed by atoms with Crippen molar-refractivity contribution in [2.24, 2.45) is 5.73 Å². The molecule has 1 aliphatic rings. The lowest BCUT2D eigenvalue weighted by atomic mass is 9.97. The molecule has 0 radical (unpaired) electrons. The lowest BCUT2D eigenvalue weighted by molar-refractivity contribution is -0.446. The summed E-state index contributed by atoms with van der Waals surface area (Å²) in [5.74, 6) is -0.746. The summed E-state index contributed by atoms with van der Waals surface area (Å²) in [7, 11) is 0. The molecule has 3 unspecified atom stereocenters. The Bertz CT molecular complexity index is 1390. The monoisotopic (exact) mass is 670 g/mol. The maximum Gasteiger partial charge on any atom is 0.281 e. The molecule has 0 bridgehead atoms. The van der Waals surface area contributed by atoms with Crippen molar-refractivity contribution in [2.45, 2.75) is 63.7 Å². The summed E-state index contributed by atoms with van der Waals surface area (Å²) in [6.45, 7) is 7.03. The molecule has 1 saturated heterocycles. The van der Waals surface area contributed by atoms with Crippen LogP contribution in [-0.4, -0.2) is 70.8 Å². The quantitative estimate of drug-likeness (QED) is 0.287. The summed E-state index contributed by atoms with van der Waals surface area (Å²) in [5, 5.41) is 5.26. The summed E-state index contributed by atoms with van der Waals surface area (Å²) in [4.78, 5) is 43.6. The zero-order chi connectivity index (χ0) is 29.7. The summed E-state index contributed by atoms with van der Waals surface area (Å²) in [6.07, 6.45) is 1.61. The van der Waals surface area contributed by atoms with Crippen molar-refractivity contribution in [3.8, 4) is 0 Å². The first-order chi connectivity index (χ1) is 19.5. The maximum absolute atomic E-state index is 14.0. The molecule has 0 aromatic heterocycles. The normalized spacial score (nSPS) is 17.7. The number of fused-ring (bicyclic) bond motifs is 1. The number of amides is 3. The molecule has 4 rings (SSSR count). The molecular formula is C32H41IN5O3+. The highest BCUT2D eigenvalue weighted by Crippen LogP contribution is 2.22. The van der Waals surface area contributed by atoms with Crippen LogP contribution in [0.2, 0.25) is 0 Å². The van der Waals surface area contributed by atoms with Crippen molar-refractivity contribution < 1.29 is 20.1 Å². The van der Waals surface area contributed by atoms with Crippen LogP contribution in [0, 0.1) is 3.57 Å². The van der Waals surface area contributed by atoms with E-state index in [0.29, 0.717) is 38.9 Å². The average Bonchev–Trinajstić information content (AvgIpc) is 2.95. The van der Waals surface area contributed by atoms with Gasteiger partial charge < -0.3 is 21.7 Å². The van der Waals surface area contributed by atoms with Gasteiger partial charge >= 0.3 is 0 Å². The van der Waals surface area contributed by atoms with Crippen LogP contribution in [0.3, 0.4) is 0 Å². The number of quaternary nitrogens is 1. The highest BCUT2D eigenvalue weighted by molar-refractivity contribution is 14.1. The summed E-state index contributed by atoms with van der Waals surface area (Å²) < 4.78 is 1.10. The number of nitrogens with one attached hydrogen (secondary N) is 1. The lowest BCUT2D eigenvalue weighted by Crippen LogP contribution is -2.76. The van der Waals surface area contributed by atoms with Gasteiger partial charge in [-0.2, -0.15) is 0 Å². The molecule has 41 heavy (non-hydrogen) atoms. The predicted octanol–water partition coefficient (Wildman–Crippen LogP) is 2.51. The van der Waals surface area contributed by atoms with Crippen LogP contribution in [0.1, 0.15) is 38.3 Å². The number of primary amides is 1. The minimum atomic E-state index is -0.870. The van der Waals surface area contributed by atoms with Crippen LogP contribution in [0.15, 0.2) is 66.7 Å². The van der Waals surface area contributed by atoms with Gasteiger partial charge in [-0.25, -0.2) is 0 Å². The Morgan fingerprint density at radius 2 is 1.66 bits per heavy atom. The number of nitrogens with zero attached hydrogens (tertiary/aromatic N) is 2. The summed E-state index contributed by atoms with van der Waals surface area (Å²) >= 11 is 2.25. The Balaban J connectivity index is 1.51. The van der Waals surface area contributed by atoms with Crippen molar-refractivity contribution in [2.75, 3.05) is 19.6 Å². The molecule has 0 spiro atoms. The van der Waals surface area contributed by atoms with Crippen LogP contribution in [0.25, 0.3) is 10.8 Å². The minimum absolute atomic E-state index is 0.112. The van der Waals surface area contributed by atoms with E-state index in [0.717, 1.165) is 25.5 Å². The first-order valence-electron chi connectivity index (χ1n) is 14.2. The molecule has 1 fully saturated rings. The van der Waals surface area contributed by atoms with E-state index in [4.69, 9.17) is 5.73 Å². The molecule has 9 heteroatoms. The van der Waals surface area contributed by atoms with Gasteiger partial charge in [-0.1, -0.05) is 61.5 Å². The fourth-order valence-corrected chi connectivity index (χ4v) is 5.77. The third kappa shape index (κ3) is 7.84. The molecule has 218 valence electrons. The van der Waals surface area contributed by atoms with Crippen LogP contribution >= 0.6 is 22.6 Å². The lowest BCUT2D eigenvalue weighted by Gasteiger charge is -2.44. The second-order valence-corrected chi connectivity index (χ2v) is 12.9. The van der Waals surface area contributed by atoms with Crippen LogP contribution in [0.4, 0.5) is 0 Å². The first-order valence-corrected chi connectivity index (χ1v) is 15.3. The maximum atomic E-state index is 14.0. The van der Waals surface area contributed by atoms with Gasteiger partial charge in [0.1, 0.15) is 6.04 Å². The Morgan fingerprint density at radius 1 is 1.00 bits per heavy atom. The van der Waals surface area contributed by atoms with Crippen molar-refractivity contribution in [1.82, 2.24) is 15.1 Å². The Hall–Kier alpha value is -3.02. The molecule has 6 N–H and O–H groups in total. The van der Waals surface area contributed by atoms with Gasteiger partial charge in [-0.3, -0.25) is 19.3 Å². The smallest absolute Gasteiger partial charge is 0.281 e. The molecule has 0 aliphatic carbocycles. The second kappa shape index (κ2) is 13.3. The highest BCUT2D eigenvalue weighted by atomic mass is 127. The molecule has 3 aromatic rings. The van der Waals surface area contributed by atoms with Crippen molar-refractivity contribution >= 4 is 51.1 Å². The highest BCUT2D eigenvalue weighted by Gasteiger charge is 2.38. The number of piperazine rings is 1. The number of carbonyl (C=O) groups is 3. The van der Waals surface area contributed by atoms with E-state index >= 15 is 0 Å². The van der Waals surface area contributed by atoms with Gasteiger partial charge in [0.2, 0.25) is 11.8 Å². The Labute approximate surface area is 255 Å². The number of carbonyl (C=O) groups excluding carboxylic acids is 3. The van der Waals surface area contributed by atoms with Gasteiger partial charge in [-0.05, 0) is 83.3 Å². The van der Waals surface area contributed by atoms with E-state index in [1.165, 1.54) is 0 Å². The van der Waals surface area contributed by atoms with E-state index in [1.54, 1.807) is 13.8 Å². The molecule has 3 atom stereocenters. The third-order valence-electron chi connectivity index (χ3n) is 7.85. The van der Waals surface area contributed by atoms with Crippen LogP contribution < -0.4 is 16.8 Å². The van der Waals surface area contributed by atoms with E-state index in [1.807, 2.05) is 48.2 Å². The standard InChI is InChI=1S/C32H40IN5O3/c1-4-26-20-37(28(29(34)39)19-22-9-12-23-7-5-6-8-24(23)17-22)15-16-38(26)30(40)27(36-31(41)32(2,3)35)18-21-10-13-25(33)14-11-21/h5-14,17,26-28H,4,15-16,18-20,35H2,1-3H3,(H2,34,39)(H,36,41)/p+1. The van der Waals surface area contributed by atoms with Gasteiger partial charge in [0.05, 0.1) is 6.04 Å². The van der Waals surface area contributed by atoms with Crippen LogP contribution in [-0.2, 0) is 27.2 Å². The topological polar surface area (TPSA) is 123 Å². The molecule has 3 amide bonds. The second-order valence-electron chi connectivity index (χ2n) is 11.6. The first kappa shape index (κ1) is 30.9. The third-order valence-corrected chi connectivity index (χ3v) is 8.57. The van der Waals surface area contributed by atoms with Gasteiger partial charge in [-0.15, -0.1) is 0 Å². The van der Waals surface area contributed by atoms with Gasteiger partial charge in [0.25, 0.3) is 5.91 Å². The van der Waals surface area contributed by atoms with E-state index in [9.17, 15) is 14.4 Å². The largest absolute Gasteiger partial charge is 0.368 e. The van der Waals surface area contributed by atoms with E-state index < -0.39 is 17.6 Å². The summed E-state index contributed by atoms with van der Waals surface area (Å²) in [5.41, 5.74) is 11.0. The number of nitrogens with two attached hydrogens (primary N) is 1. The molecule has 0 saturated carbocycles. The van der Waals surface area contributed by atoms with Crippen molar-refractivity contribution in [3.63, 3.8) is 0 Å². The fourth-order valence-electron chi connectivity index (χ4n) is 5.41. The molecule has 8 nitrogen and oxygen atoms in total. The molecule has 1 aliphatic heterocycles.